The standard InChI is InChI=1S/C14H10N4O5.Na/c19-13-8-17(14(20)16-13)15-7-11-5-6-12(23-11)9-1-3-10(4-2-9)18(21)22;/h1-7H,8H2,(H,16,19,20);/q;+1/p-1/b15-7-;. The fourth-order valence-corrected chi connectivity index (χ4v) is 1.94. The van der Waals surface area contributed by atoms with Gasteiger partial charge in [0.1, 0.15) is 11.5 Å². The van der Waals surface area contributed by atoms with Crippen LogP contribution >= 0.6 is 0 Å². The molecule has 0 atom stereocenters. The number of hydrogen-bond acceptors (Lipinski definition) is 6. The van der Waals surface area contributed by atoms with Crippen molar-refractivity contribution in [2.24, 2.45) is 5.10 Å². The van der Waals surface area contributed by atoms with Crippen LogP contribution in [0.4, 0.5) is 10.5 Å². The van der Waals surface area contributed by atoms with Crippen molar-refractivity contribution >= 4 is 23.8 Å². The third-order valence-electron chi connectivity index (χ3n) is 3.04. The molecule has 9 nitrogen and oxygen atoms in total. The molecule has 1 aromatic carbocycles. The molecule has 24 heavy (non-hydrogen) atoms. The van der Waals surface area contributed by atoms with Gasteiger partial charge in [0.05, 0.1) is 11.1 Å². The Bertz CT molecular complexity index is 815. The number of urea groups is 1. The third-order valence-corrected chi connectivity index (χ3v) is 3.04. The molecule has 0 saturated carbocycles. The number of hydrazone groups is 1. The van der Waals surface area contributed by atoms with Crippen molar-refractivity contribution in [1.82, 2.24) is 5.01 Å². The van der Waals surface area contributed by atoms with Crippen LogP contribution in [0.2, 0.25) is 0 Å². The quantitative estimate of drug-likeness (QED) is 0.246. The number of carbonyl (C=O) groups excluding carboxylic acids is 2. The van der Waals surface area contributed by atoms with Crippen molar-refractivity contribution in [3.8, 4) is 11.3 Å². The van der Waals surface area contributed by atoms with E-state index in [0.29, 0.717) is 17.1 Å². The average Bonchev–Trinajstić information content (AvgIpc) is 3.11. The minimum absolute atomic E-state index is 0. The molecule has 2 heterocycles. The molecule has 0 unspecified atom stereocenters. The van der Waals surface area contributed by atoms with Gasteiger partial charge in [-0.25, -0.2) is 0 Å². The average molecular weight is 336 g/mol. The molecule has 3 rings (SSSR count). The number of non-ortho nitro benzene ring substituents is 1. The molecule has 1 aromatic heterocycles. The smallest absolute Gasteiger partial charge is 0.455 e. The number of amides is 3. The predicted molar refractivity (Wildman–Crippen MR) is 78.9 cm³/mol. The number of furan rings is 1. The molecule has 1 saturated heterocycles. The van der Waals surface area contributed by atoms with Gasteiger partial charge in [0.15, 0.2) is 11.9 Å². The maximum Gasteiger partial charge on any atom is 1.00 e. The fourth-order valence-electron chi connectivity index (χ4n) is 1.94. The topological polar surface area (TPSA) is 120 Å². The summed E-state index contributed by atoms with van der Waals surface area (Å²) in [5.41, 5.74) is 0.653. The van der Waals surface area contributed by atoms with Gasteiger partial charge in [0, 0.05) is 24.2 Å². The number of benzene rings is 1. The second-order valence-electron chi connectivity index (χ2n) is 4.60. The van der Waals surface area contributed by atoms with Crippen molar-refractivity contribution in [2.45, 2.75) is 0 Å². The molecule has 0 N–H and O–H groups in total. The molecular formula is C14H9N4NaO5. The number of rotatable bonds is 4. The van der Waals surface area contributed by atoms with E-state index in [-0.39, 0.29) is 41.8 Å². The summed E-state index contributed by atoms with van der Waals surface area (Å²) in [6, 6.07) is 8.47. The Morgan fingerprint density at radius 2 is 1.92 bits per heavy atom. The molecule has 3 amide bonds. The van der Waals surface area contributed by atoms with Gasteiger partial charge in [-0.3, -0.25) is 24.8 Å². The zero-order valence-electron chi connectivity index (χ0n) is 12.6. The van der Waals surface area contributed by atoms with Crippen LogP contribution < -0.4 is 29.6 Å². The van der Waals surface area contributed by atoms with Gasteiger partial charge in [0.25, 0.3) is 5.69 Å². The van der Waals surface area contributed by atoms with Gasteiger partial charge in [-0.15, -0.1) is 0 Å². The fraction of sp³-hybridized carbons (Fsp3) is 0.0714. The van der Waals surface area contributed by atoms with Crippen LogP contribution in [0.5, 0.6) is 0 Å². The molecule has 116 valence electrons. The largest absolute Gasteiger partial charge is 1.00 e. The van der Waals surface area contributed by atoms with Crippen molar-refractivity contribution in [3.05, 3.63) is 57.6 Å². The van der Waals surface area contributed by atoms with Gasteiger partial charge in [-0.1, -0.05) is 0 Å². The van der Waals surface area contributed by atoms with Gasteiger partial charge in [-0.05, 0) is 24.3 Å². The third kappa shape index (κ3) is 3.88. The molecule has 0 aliphatic carbocycles. The predicted octanol–water partition coefficient (Wildman–Crippen LogP) is -0.471. The summed E-state index contributed by atoms with van der Waals surface area (Å²) in [6.45, 7) is -0.189. The van der Waals surface area contributed by atoms with E-state index in [1.54, 1.807) is 24.3 Å². The molecule has 1 fully saturated rings. The zero-order valence-corrected chi connectivity index (χ0v) is 14.6. The number of nitrogens with zero attached hydrogens (tertiary/aromatic N) is 4. The number of imide groups is 1. The molecule has 1 aliphatic rings. The van der Waals surface area contributed by atoms with E-state index in [2.05, 4.69) is 10.4 Å². The Morgan fingerprint density at radius 1 is 1.21 bits per heavy atom. The van der Waals surface area contributed by atoms with E-state index >= 15 is 0 Å². The van der Waals surface area contributed by atoms with Crippen LogP contribution in [0.3, 0.4) is 0 Å². The maximum atomic E-state index is 11.3. The van der Waals surface area contributed by atoms with E-state index in [1.165, 1.54) is 18.3 Å². The van der Waals surface area contributed by atoms with Crippen molar-refractivity contribution in [3.63, 3.8) is 0 Å². The summed E-state index contributed by atoms with van der Waals surface area (Å²) >= 11 is 0. The maximum absolute atomic E-state index is 11.3. The monoisotopic (exact) mass is 336 g/mol. The molecule has 0 bridgehead atoms. The minimum atomic E-state index is -0.714. The number of nitro benzene ring substituents is 1. The summed E-state index contributed by atoms with van der Waals surface area (Å²) in [5.74, 6) is 0.318. The number of carbonyl (C=O) groups is 2. The summed E-state index contributed by atoms with van der Waals surface area (Å²) in [5, 5.41) is 18.6. The van der Waals surface area contributed by atoms with E-state index in [0.717, 1.165) is 5.01 Å². The van der Waals surface area contributed by atoms with Crippen molar-refractivity contribution in [1.29, 1.82) is 0 Å². The van der Waals surface area contributed by atoms with E-state index in [1.807, 2.05) is 0 Å². The minimum Gasteiger partial charge on any atom is -0.455 e. The normalized spacial score (nSPS) is 13.9. The van der Waals surface area contributed by atoms with E-state index in [4.69, 9.17) is 4.42 Å². The van der Waals surface area contributed by atoms with Crippen molar-refractivity contribution < 1.29 is 48.5 Å². The SMILES string of the molecule is O=C1CN(/N=C\c2ccc(-c3ccc([N+](=O)[O-])cc3)o2)C(=O)[N-]1.[Na+]. The summed E-state index contributed by atoms with van der Waals surface area (Å²) in [6.07, 6.45) is 1.29. The first kappa shape index (κ1) is 17.9. The summed E-state index contributed by atoms with van der Waals surface area (Å²) < 4.78 is 5.52. The van der Waals surface area contributed by atoms with Crippen LogP contribution in [0, 0.1) is 10.1 Å². The van der Waals surface area contributed by atoms with Gasteiger partial charge in [-0.2, -0.15) is 0 Å². The van der Waals surface area contributed by atoms with E-state index < -0.39 is 16.9 Å². The molecule has 2 aromatic rings. The second-order valence-corrected chi connectivity index (χ2v) is 4.60. The Morgan fingerprint density at radius 3 is 2.50 bits per heavy atom. The summed E-state index contributed by atoms with van der Waals surface area (Å²) in [7, 11) is 0. The number of hydrogen-bond donors (Lipinski definition) is 0. The Labute approximate surface area is 157 Å². The molecule has 0 spiro atoms. The Kier molecular flexibility index (Phi) is 5.50. The van der Waals surface area contributed by atoms with Crippen molar-refractivity contribution in [2.75, 3.05) is 6.54 Å². The second kappa shape index (κ2) is 7.39. The molecule has 1 aliphatic heterocycles. The Hall–Kier alpha value is -2.49. The van der Waals surface area contributed by atoms with Crippen LogP contribution in [0.1, 0.15) is 5.76 Å². The van der Waals surface area contributed by atoms with Crippen LogP contribution in [-0.2, 0) is 4.79 Å². The Balaban J connectivity index is 0.00000208. The van der Waals surface area contributed by atoms with Crippen LogP contribution in [-0.4, -0.2) is 34.6 Å². The molecule has 0 radical (unpaired) electrons. The first-order chi connectivity index (χ1) is 11.0. The van der Waals surface area contributed by atoms with Gasteiger partial charge >= 0.3 is 29.6 Å². The zero-order chi connectivity index (χ0) is 16.4. The van der Waals surface area contributed by atoms with Crippen LogP contribution in [0.15, 0.2) is 45.9 Å². The molecule has 10 heteroatoms. The first-order valence-electron chi connectivity index (χ1n) is 6.47. The first-order valence-corrected chi connectivity index (χ1v) is 6.47. The van der Waals surface area contributed by atoms with Gasteiger partial charge < -0.3 is 14.7 Å². The molecular weight excluding hydrogens is 327 g/mol. The van der Waals surface area contributed by atoms with E-state index in [9.17, 15) is 19.7 Å². The van der Waals surface area contributed by atoms with Crippen LogP contribution in [0.25, 0.3) is 16.6 Å². The van der Waals surface area contributed by atoms with Gasteiger partial charge in [0.2, 0.25) is 0 Å². The number of nitro groups is 1. The summed E-state index contributed by atoms with van der Waals surface area (Å²) in [4.78, 5) is 32.4.